The summed E-state index contributed by atoms with van der Waals surface area (Å²) in [6, 6.07) is 47.3. The van der Waals surface area contributed by atoms with Crippen LogP contribution in [0, 0.1) is 0 Å². The summed E-state index contributed by atoms with van der Waals surface area (Å²) in [6.07, 6.45) is -4.79. The van der Waals surface area contributed by atoms with E-state index in [1.807, 2.05) is 121 Å². The van der Waals surface area contributed by atoms with E-state index in [1.54, 1.807) is 10.6 Å². The SMILES string of the molecule is CC1(C)c2ccccc2-c2c1ccc1c2c2ccccc2n1-c1c(C(F)(F)F)cc(-c2nc(-c3ccccc3)nc(-c3ccccc3)n2)c2oc3ccccc3c12. The number of hydrogen-bond acceptors (Lipinski definition) is 4. The van der Waals surface area contributed by atoms with Gasteiger partial charge in [0.05, 0.1) is 33.2 Å². The first-order valence-corrected chi connectivity index (χ1v) is 18.8. The standard InChI is InChI=1S/C49H31F3N4O/c1-48(2)34-22-12-9-19-30(34)40-35(48)25-26-38-41(40)31-20-10-13-23-37(31)56(38)43-36(49(50,51)52)27-33(44-42(43)32-21-11-14-24-39(32)57-44)47-54-45(28-15-5-3-6-16-28)53-46(55-47)29-17-7-4-8-18-29/h3-27H,1-2H3. The zero-order valence-corrected chi connectivity index (χ0v) is 30.8. The summed E-state index contributed by atoms with van der Waals surface area (Å²) in [4.78, 5) is 14.5. The van der Waals surface area contributed by atoms with Crippen LogP contribution in [0.15, 0.2) is 156 Å². The van der Waals surface area contributed by atoms with E-state index in [9.17, 15) is 0 Å². The Morgan fingerprint density at radius 3 is 1.84 bits per heavy atom. The zero-order chi connectivity index (χ0) is 38.6. The number of furan rings is 1. The van der Waals surface area contributed by atoms with Gasteiger partial charge in [0.25, 0.3) is 0 Å². The summed E-state index contributed by atoms with van der Waals surface area (Å²) in [6.45, 7) is 4.41. The van der Waals surface area contributed by atoms with Gasteiger partial charge in [0, 0.05) is 32.7 Å². The van der Waals surface area contributed by atoms with Crippen LogP contribution < -0.4 is 0 Å². The fourth-order valence-electron chi connectivity index (χ4n) is 8.92. The molecule has 0 N–H and O–H groups in total. The molecule has 1 aliphatic carbocycles. The van der Waals surface area contributed by atoms with Gasteiger partial charge in [-0.1, -0.05) is 141 Å². The average molecular weight is 749 g/mol. The van der Waals surface area contributed by atoms with E-state index in [-0.39, 0.29) is 28.1 Å². The fraction of sp³-hybridized carbons (Fsp3) is 0.0816. The van der Waals surface area contributed by atoms with Gasteiger partial charge in [0.15, 0.2) is 17.5 Å². The molecular formula is C49H31F3N4O. The summed E-state index contributed by atoms with van der Waals surface area (Å²) in [7, 11) is 0. The summed E-state index contributed by atoms with van der Waals surface area (Å²) in [5.74, 6) is 0.740. The highest BCUT2D eigenvalue weighted by molar-refractivity contribution is 6.21. The lowest BCUT2D eigenvalue weighted by Crippen LogP contribution is -2.14. The van der Waals surface area contributed by atoms with E-state index in [0.717, 1.165) is 33.5 Å². The van der Waals surface area contributed by atoms with Crippen molar-refractivity contribution >= 4 is 43.7 Å². The number of aromatic nitrogens is 4. The predicted octanol–water partition coefficient (Wildman–Crippen LogP) is 13.2. The van der Waals surface area contributed by atoms with Gasteiger partial charge < -0.3 is 8.98 Å². The smallest absolute Gasteiger partial charge is 0.418 e. The van der Waals surface area contributed by atoms with Crippen molar-refractivity contribution in [2.24, 2.45) is 0 Å². The Hall–Kier alpha value is -7.06. The molecule has 0 spiro atoms. The lowest BCUT2D eigenvalue weighted by Gasteiger charge is -2.21. The number of alkyl halides is 3. The minimum absolute atomic E-state index is 0.0106. The van der Waals surface area contributed by atoms with E-state index in [4.69, 9.17) is 19.4 Å². The number of fused-ring (bicyclic) bond motifs is 10. The monoisotopic (exact) mass is 748 g/mol. The van der Waals surface area contributed by atoms with Gasteiger partial charge in [0.1, 0.15) is 11.2 Å². The van der Waals surface area contributed by atoms with Crippen molar-refractivity contribution in [1.82, 2.24) is 19.5 Å². The first-order valence-electron chi connectivity index (χ1n) is 18.8. The highest BCUT2D eigenvalue weighted by Gasteiger charge is 2.41. The maximum Gasteiger partial charge on any atom is 0.418 e. The first kappa shape index (κ1) is 33.3. The van der Waals surface area contributed by atoms with Crippen LogP contribution >= 0.6 is 0 Å². The number of halogens is 3. The van der Waals surface area contributed by atoms with Gasteiger partial charge >= 0.3 is 6.18 Å². The Balaban J connectivity index is 1.29. The predicted molar refractivity (Wildman–Crippen MR) is 220 cm³/mol. The molecule has 1 aliphatic rings. The molecule has 3 aromatic heterocycles. The van der Waals surface area contributed by atoms with Crippen molar-refractivity contribution in [3.63, 3.8) is 0 Å². The van der Waals surface area contributed by atoms with E-state index >= 15 is 13.2 Å². The minimum Gasteiger partial charge on any atom is -0.455 e. The number of benzene rings is 7. The molecule has 0 bridgehead atoms. The number of rotatable bonds is 4. The molecule has 5 nitrogen and oxygen atoms in total. The lowest BCUT2D eigenvalue weighted by molar-refractivity contribution is -0.137. The molecule has 11 rings (SSSR count). The Kier molecular flexibility index (Phi) is 6.99. The minimum atomic E-state index is -4.79. The molecule has 0 aliphatic heterocycles. The van der Waals surface area contributed by atoms with Crippen molar-refractivity contribution in [1.29, 1.82) is 0 Å². The first-order chi connectivity index (χ1) is 27.7. The fourth-order valence-corrected chi connectivity index (χ4v) is 8.92. The Morgan fingerprint density at radius 1 is 0.544 bits per heavy atom. The molecule has 0 saturated carbocycles. The highest BCUT2D eigenvalue weighted by atomic mass is 19.4. The molecule has 0 amide bonds. The highest BCUT2D eigenvalue weighted by Crippen LogP contribution is 2.54. The van der Waals surface area contributed by atoms with Gasteiger partial charge in [-0.25, -0.2) is 15.0 Å². The number of nitrogens with zero attached hydrogens (tertiary/aromatic N) is 4. The van der Waals surface area contributed by atoms with Crippen molar-refractivity contribution < 1.29 is 17.6 Å². The average Bonchev–Trinajstić information content (AvgIpc) is 3.86. The molecule has 8 heteroatoms. The van der Waals surface area contributed by atoms with E-state index < -0.39 is 11.7 Å². The third kappa shape index (κ3) is 4.86. The van der Waals surface area contributed by atoms with Crippen molar-refractivity contribution in [3.05, 3.63) is 168 Å². The van der Waals surface area contributed by atoms with Crippen LogP contribution in [0.5, 0.6) is 0 Å². The zero-order valence-electron chi connectivity index (χ0n) is 30.8. The molecule has 274 valence electrons. The number of para-hydroxylation sites is 2. The molecular weight excluding hydrogens is 718 g/mol. The molecule has 3 heterocycles. The van der Waals surface area contributed by atoms with Gasteiger partial charge in [-0.3, -0.25) is 0 Å². The molecule has 0 atom stereocenters. The van der Waals surface area contributed by atoms with E-state index in [1.165, 1.54) is 5.56 Å². The molecule has 0 unspecified atom stereocenters. The Bertz CT molecular complexity index is 3200. The molecule has 0 fully saturated rings. The second kappa shape index (κ2) is 12.0. The molecule has 7 aromatic carbocycles. The van der Waals surface area contributed by atoms with E-state index in [2.05, 4.69) is 32.0 Å². The summed E-state index contributed by atoms with van der Waals surface area (Å²) < 4.78 is 56.7. The third-order valence-corrected chi connectivity index (χ3v) is 11.5. The largest absolute Gasteiger partial charge is 0.455 e. The van der Waals surface area contributed by atoms with Gasteiger partial charge in [0.2, 0.25) is 0 Å². The summed E-state index contributed by atoms with van der Waals surface area (Å²) >= 11 is 0. The topological polar surface area (TPSA) is 56.7 Å². The normalized spacial score (nSPS) is 13.5. The number of hydrogen-bond donors (Lipinski definition) is 0. The third-order valence-electron chi connectivity index (χ3n) is 11.5. The van der Waals surface area contributed by atoms with Crippen LogP contribution in [0.25, 0.3) is 94.7 Å². The van der Waals surface area contributed by atoms with Crippen LogP contribution in [-0.2, 0) is 11.6 Å². The van der Waals surface area contributed by atoms with E-state index in [0.29, 0.717) is 50.2 Å². The van der Waals surface area contributed by atoms with Gasteiger partial charge in [-0.05, 0) is 46.5 Å². The van der Waals surface area contributed by atoms with Gasteiger partial charge in [-0.15, -0.1) is 0 Å². The molecule has 0 saturated heterocycles. The summed E-state index contributed by atoms with van der Waals surface area (Å²) in [5.41, 5.74) is 6.89. The van der Waals surface area contributed by atoms with Crippen LogP contribution in [0.3, 0.4) is 0 Å². The van der Waals surface area contributed by atoms with Crippen molar-refractivity contribution in [2.75, 3.05) is 0 Å². The quantitative estimate of drug-likeness (QED) is 0.180. The maximum atomic E-state index is 16.1. The molecule has 10 aromatic rings. The van der Waals surface area contributed by atoms with Crippen LogP contribution in [0.1, 0.15) is 30.5 Å². The maximum absolute atomic E-state index is 16.1. The second-order valence-corrected chi connectivity index (χ2v) is 15.1. The molecule has 0 radical (unpaired) electrons. The molecule has 57 heavy (non-hydrogen) atoms. The van der Waals surface area contributed by atoms with Crippen LogP contribution in [-0.4, -0.2) is 19.5 Å². The van der Waals surface area contributed by atoms with Crippen LogP contribution in [0.4, 0.5) is 13.2 Å². The van der Waals surface area contributed by atoms with Crippen molar-refractivity contribution in [2.45, 2.75) is 25.4 Å². The van der Waals surface area contributed by atoms with Crippen molar-refractivity contribution in [3.8, 4) is 51.0 Å². The van der Waals surface area contributed by atoms with Gasteiger partial charge in [-0.2, -0.15) is 13.2 Å². The lowest BCUT2D eigenvalue weighted by atomic mass is 9.82. The Morgan fingerprint density at radius 2 is 1.14 bits per heavy atom. The summed E-state index contributed by atoms with van der Waals surface area (Å²) in [5, 5.41) is 2.65. The Labute approximate surface area is 324 Å². The van der Waals surface area contributed by atoms with Crippen LogP contribution in [0.2, 0.25) is 0 Å². The second-order valence-electron chi connectivity index (χ2n) is 15.1.